The Bertz CT molecular complexity index is 1050. The van der Waals surface area contributed by atoms with Crippen LogP contribution in [0.15, 0.2) is 83.8 Å². The third kappa shape index (κ3) is 6.69. The normalized spacial score (nSPS) is 12.1. The molecular weight excluding hydrogens is 455 g/mol. The molecule has 0 aromatic heterocycles. The molecule has 2 N–H and O–H groups in total. The van der Waals surface area contributed by atoms with Crippen LogP contribution in [0.3, 0.4) is 0 Å². The van der Waals surface area contributed by atoms with Gasteiger partial charge in [0.2, 0.25) is 0 Å². The van der Waals surface area contributed by atoms with E-state index in [4.69, 9.17) is 27.9 Å². The van der Waals surface area contributed by atoms with Crippen LogP contribution in [0, 0.1) is 0 Å². The number of thioether (sulfide) groups is 1. The summed E-state index contributed by atoms with van der Waals surface area (Å²) in [4.78, 5) is 12.4. The average Bonchev–Trinajstić information content (AvgIpc) is 2.77. The molecule has 7 heteroatoms. The number of ether oxygens (including phenoxy) is 1. The highest BCUT2D eigenvalue weighted by Gasteiger charge is 2.16. The number of aliphatic carboxylic acids is 1. The molecule has 3 aromatic carbocycles. The van der Waals surface area contributed by atoms with E-state index in [2.05, 4.69) is 0 Å². The molecule has 3 aromatic rings. The number of aromatic hydroxyl groups is 1. The largest absolute Gasteiger partial charge is 0.506 e. The van der Waals surface area contributed by atoms with E-state index < -0.39 is 11.2 Å². The van der Waals surface area contributed by atoms with Crippen molar-refractivity contribution in [3.8, 4) is 11.5 Å². The Balaban J connectivity index is 1.59. The van der Waals surface area contributed by atoms with E-state index in [0.29, 0.717) is 22.8 Å². The van der Waals surface area contributed by atoms with E-state index in [1.807, 2.05) is 36.4 Å². The summed E-state index contributed by atoms with van der Waals surface area (Å²) in [5, 5.41) is 19.1. The highest BCUT2D eigenvalue weighted by molar-refractivity contribution is 8.00. The third-order valence-electron chi connectivity index (χ3n) is 4.39. The van der Waals surface area contributed by atoms with Gasteiger partial charge in [0.05, 0.1) is 5.02 Å². The van der Waals surface area contributed by atoms with Gasteiger partial charge in [0.15, 0.2) is 0 Å². The van der Waals surface area contributed by atoms with Crippen molar-refractivity contribution >= 4 is 40.9 Å². The van der Waals surface area contributed by atoms with Gasteiger partial charge in [0.1, 0.15) is 23.4 Å². The van der Waals surface area contributed by atoms with E-state index in [1.165, 1.54) is 17.8 Å². The Morgan fingerprint density at radius 2 is 1.74 bits per heavy atom. The monoisotopic (exact) mass is 474 g/mol. The summed E-state index contributed by atoms with van der Waals surface area (Å²) in [7, 11) is 0. The number of benzene rings is 3. The quantitative estimate of drug-likeness (QED) is 0.269. The molecule has 0 saturated heterocycles. The van der Waals surface area contributed by atoms with Crippen LogP contribution in [0.1, 0.15) is 11.1 Å². The number of carbonyl (C=O) groups is 1. The molecule has 0 radical (unpaired) electrons. The summed E-state index contributed by atoms with van der Waals surface area (Å²) < 4.78 is 5.71. The highest BCUT2D eigenvalue weighted by atomic mass is 35.5. The standard InChI is InChI=1S/C24H20Cl2O4S/c25-20-13-14-21(27)23(26)19(20)15-30-17-9-11-18(12-10-17)31-22(24(28)29)8-4-7-16-5-2-1-3-6-16/h1-6,8-14,22,27H,7,15H2,(H,28,29)/b8-4+. The predicted octanol–water partition coefficient (Wildman–Crippen LogP) is 6.62. The van der Waals surface area contributed by atoms with Crippen molar-refractivity contribution in [1.29, 1.82) is 0 Å². The molecule has 0 fully saturated rings. The van der Waals surface area contributed by atoms with Crippen LogP contribution < -0.4 is 4.74 Å². The first-order valence-electron chi connectivity index (χ1n) is 9.43. The molecule has 0 saturated carbocycles. The van der Waals surface area contributed by atoms with Crippen molar-refractivity contribution in [2.75, 3.05) is 0 Å². The lowest BCUT2D eigenvalue weighted by atomic mass is 10.1. The van der Waals surface area contributed by atoms with E-state index in [0.717, 1.165) is 10.5 Å². The maximum absolute atomic E-state index is 11.6. The number of halogens is 2. The number of hydrogen-bond donors (Lipinski definition) is 2. The predicted molar refractivity (Wildman–Crippen MR) is 125 cm³/mol. The van der Waals surface area contributed by atoms with Crippen LogP contribution in [-0.2, 0) is 17.8 Å². The minimum Gasteiger partial charge on any atom is -0.506 e. The van der Waals surface area contributed by atoms with Crippen molar-refractivity contribution in [2.45, 2.75) is 23.2 Å². The van der Waals surface area contributed by atoms with Crippen molar-refractivity contribution in [1.82, 2.24) is 0 Å². The number of carboxylic acids is 1. The lowest BCUT2D eigenvalue weighted by molar-refractivity contribution is -0.135. The molecule has 1 atom stereocenters. The topological polar surface area (TPSA) is 66.8 Å². The summed E-state index contributed by atoms with van der Waals surface area (Å²) in [6.07, 6.45) is 4.26. The molecule has 0 aliphatic rings. The fourth-order valence-electron chi connectivity index (χ4n) is 2.75. The Morgan fingerprint density at radius 3 is 2.42 bits per heavy atom. The maximum Gasteiger partial charge on any atom is 0.320 e. The van der Waals surface area contributed by atoms with Crippen LogP contribution in [0.5, 0.6) is 11.5 Å². The van der Waals surface area contributed by atoms with E-state index in [1.54, 1.807) is 36.4 Å². The van der Waals surface area contributed by atoms with Gasteiger partial charge in [-0.3, -0.25) is 4.79 Å². The second-order valence-corrected chi connectivity index (χ2v) is 8.61. The Hall–Kier alpha value is -2.60. The van der Waals surface area contributed by atoms with E-state index >= 15 is 0 Å². The van der Waals surface area contributed by atoms with Crippen molar-refractivity contribution < 1.29 is 19.7 Å². The molecular formula is C24H20Cl2O4S. The molecule has 31 heavy (non-hydrogen) atoms. The highest BCUT2D eigenvalue weighted by Crippen LogP contribution is 2.33. The van der Waals surface area contributed by atoms with E-state index in [9.17, 15) is 15.0 Å². The molecule has 0 aliphatic heterocycles. The molecule has 160 valence electrons. The summed E-state index contributed by atoms with van der Waals surface area (Å²) in [5.74, 6) is -0.384. The van der Waals surface area contributed by atoms with Gasteiger partial charge in [-0.05, 0) is 48.4 Å². The fourth-order valence-corrected chi connectivity index (χ4v) is 4.10. The minimum absolute atomic E-state index is 0.0588. The molecule has 0 heterocycles. The van der Waals surface area contributed by atoms with Crippen molar-refractivity contribution in [3.05, 3.63) is 100 Å². The molecule has 3 rings (SSSR count). The first-order chi connectivity index (χ1) is 14.9. The minimum atomic E-state index is -0.900. The average molecular weight is 475 g/mol. The maximum atomic E-state index is 11.6. The number of allylic oxidation sites excluding steroid dienone is 1. The second-order valence-electron chi connectivity index (χ2n) is 6.61. The Kier molecular flexibility index (Phi) is 8.29. The smallest absolute Gasteiger partial charge is 0.320 e. The Labute approximate surface area is 195 Å². The SMILES string of the molecule is O=C(O)C(/C=C/Cc1ccccc1)Sc1ccc(OCc2c(Cl)ccc(O)c2Cl)cc1. The van der Waals surface area contributed by atoms with Gasteiger partial charge >= 0.3 is 5.97 Å². The number of rotatable bonds is 9. The van der Waals surface area contributed by atoms with Crippen molar-refractivity contribution in [2.24, 2.45) is 0 Å². The van der Waals surface area contributed by atoms with Gasteiger partial charge in [0.25, 0.3) is 0 Å². The molecule has 4 nitrogen and oxygen atoms in total. The van der Waals surface area contributed by atoms with Crippen LogP contribution >= 0.6 is 35.0 Å². The van der Waals surface area contributed by atoms with Crippen molar-refractivity contribution in [3.63, 3.8) is 0 Å². The first-order valence-corrected chi connectivity index (χ1v) is 11.1. The van der Waals surface area contributed by atoms with Gasteiger partial charge in [-0.25, -0.2) is 0 Å². The first kappa shape index (κ1) is 23.1. The Morgan fingerprint density at radius 1 is 1.03 bits per heavy atom. The molecule has 0 spiro atoms. The molecule has 1 unspecified atom stereocenters. The second kappa shape index (κ2) is 11.1. The van der Waals surface area contributed by atoms with Crippen LogP contribution in [0.25, 0.3) is 0 Å². The lowest BCUT2D eigenvalue weighted by Gasteiger charge is -2.12. The summed E-state index contributed by atoms with van der Waals surface area (Å²) >= 11 is 13.4. The number of phenolic OH excluding ortho intramolecular Hbond substituents is 1. The molecule has 0 bridgehead atoms. The summed E-state index contributed by atoms with van der Waals surface area (Å²) in [5.41, 5.74) is 1.62. The van der Waals surface area contributed by atoms with Crippen LogP contribution in [-0.4, -0.2) is 21.4 Å². The van der Waals surface area contributed by atoms with Gasteiger partial charge < -0.3 is 14.9 Å². The zero-order valence-corrected chi connectivity index (χ0v) is 18.7. The van der Waals surface area contributed by atoms with Gasteiger partial charge in [-0.1, -0.05) is 65.7 Å². The number of hydrogen-bond acceptors (Lipinski definition) is 4. The molecule has 0 aliphatic carbocycles. The third-order valence-corrected chi connectivity index (χ3v) is 6.32. The molecule has 0 amide bonds. The van der Waals surface area contributed by atoms with E-state index in [-0.39, 0.29) is 17.4 Å². The van der Waals surface area contributed by atoms with Gasteiger partial charge in [0, 0.05) is 15.5 Å². The lowest BCUT2D eigenvalue weighted by Crippen LogP contribution is -2.13. The zero-order chi connectivity index (χ0) is 22.2. The van der Waals surface area contributed by atoms with Gasteiger partial charge in [-0.15, -0.1) is 11.8 Å². The van der Waals surface area contributed by atoms with Gasteiger partial charge in [-0.2, -0.15) is 0 Å². The fraction of sp³-hybridized carbons (Fsp3) is 0.125. The summed E-state index contributed by atoms with van der Waals surface area (Å²) in [6, 6.07) is 19.9. The summed E-state index contributed by atoms with van der Waals surface area (Å²) in [6.45, 7) is 0.0958. The number of carboxylic acid groups (broad SMARTS) is 1. The van der Waals surface area contributed by atoms with Crippen LogP contribution in [0.2, 0.25) is 10.0 Å². The van der Waals surface area contributed by atoms with Crippen LogP contribution in [0.4, 0.5) is 0 Å². The zero-order valence-electron chi connectivity index (χ0n) is 16.4. The number of phenols is 1.